The van der Waals surface area contributed by atoms with Gasteiger partial charge in [-0.25, -0.2) is 4.98 Å². The second-order valence-electron chi connectivity index (χ2n) is 5.09. The summed E-state index contributed by atoms with van der Waals surface area (Å²) in [4.78, 5) is 17.0. The second-order valence-corrected chi connectivity index (χ2v) is 5.09. The maximum Gasteiger partial charge on any atom is 0.274 e. The van der Waals surface area contributed by atoms with Crippen molar-refractivity contribution < 1.29 is 4.79 Å². The summed E-state index contributed by atoms with van der Waals surface area (Å²) in [5.41, 5.74) is 3.87. The summed E-state index contributed by atoms with van der Waals surface area (Å²) in [6.07, 6.45) is 1.83. The third kappa shape index (κ3) is 2.31. The van der Waals surface area contributed by atoms with Crippen LogP contribution in [0.2, 0.25) is 0 Å². The maximum absolute atomic E-state index is 12.6. The molecule has 5 nitrogen and oxygen atoms in total. The van der Waals surface area contributed by atoms with Crippen molar-refractivity contribution in [3.8, 4) is 6.07 Å². The summed E-state index contributed by atoms with van der Waals surface area (Å²) in [6.45, 7) is 3.78. The molecule has 0 aliphatic rings. The number of amides is 1. The lowest BCUT2D eigenvalue weighted by molar-refractivity contribution is 0.102. The number of hydrogen-bond acceptors (Lipinski definition) is 3. The molecule has 0 spiro atoms. The molecule has 0 fully saturated rings. The number of nitrogens with zero attached hydrogens (tertiary/aromatic N) is 3. The molecule has 0 saturated heterocycles. The van der Waals surface area contributed by atoms with Crippen LogP contribution in [-0.4, -0.2) is 15.3 Å². The molecule has 1 aromatic carbocycles. The fourth-order valence-electron chi connectivity index (χ4n) is 2.41. The second kappa shape index (κ2) is 5.34. The first-order valence-electron chi connectivity index (χ1n) is 6.86. The van der Waals surface area contributed by atoms with Crippen LogP contribution in [0.4, 0.5) is 5.69 Å². The Morgan fingerprint density at radius 3 is 2.82 bits per heavy atom. The molecule has 0 bridgehead atoms. The van der Waals surface area contributed by atoms with Gasteiger partial charge in [0.25, 0.3) is 5.91 Å². The smallest absolute Gasteiger partial charge is 0.274 e. The molecular formula is C17H14N4O. The van der Waals surface area contributed by atoms with Crippen LogP contribution in [0.25, 0.3) is 5.65 Å². The molecule has 3 aromatic rings. The topological polar surface area (TPSA) is 70.2 Å². The van der Waals surface area contributed by atoms with Gasteiger partial charge in [0.1, 0.15) is 17.4 Å². The number of carbonyl (C=O) groups is 1. The van der Waals surface area contributed by atoms with E-state index < -0.39 is 0 Å². The van der Waals surface area contributed by atoms with Crippen LogP contribution in [0, 0.1) is 25.2 Å². The monoisotopic (exact) mass is 290 g/mol. The van der Waals surface area contributed by atoms with Crippen LogP contribution in [0.15, 0.2) is 42.6 Å². The number of rotatable bonds is 2. The van der Waals surface area contributed by atoms with Crippen LogP contribution in [0.1, 0.15) is 27.3 Å². The zero-order valence-corrected chi connectivity index (χ0v) is 12.3. The van der Waals surface area contributed by atoms with Gasteiger partial charge < -0.3 is 5.32 Å². The van der Waals surface area contributed by atoms with Crippen LogP contribution in [0.3, 0.4) is 0 Å². The van der Waals surface area contributed by atoms with Gasteiger partial charge >= 0.3 is 0 Å². The van der Waals surface area contributed by atoms with E-state index in [0.29, 0.717) is 22.6 Å². The Hall–Kier alpha value is -3.13. The van der Waals surface area contributed by atoms with Crippen LogP contribution in [0.5, 0.6) is 0 Å². The van der Waals surface area contributed by atoms with Crippen molar-refractivity contribution in [3.05, 3.63) is 65.1 Å². The zero-order valence-electron chi connectivity index (χ0n) is 12.3. The van der Waals surface area contributed by atoms with E-state index >= 15 is 0 Å². The van der Waals surface area contributed by atoms with E-state index in [-0.39, 0.29) is 5.91 Å². The number of nitrogens with one attached hydrogen (secondary N) is 1. The minimum Gasteiger partial charge on any atom is -0.319 e. The molecule has 22 heavy (non-hydrogen) atoms. The molecule has 108 valence electrons. The predicted molar refractivity (Wildman–Crippen MR) is 83.8 cm³/mol. The third-order valence-corrected chi connectivity index (χ3v) is 3.47. The molecular weight excluding hydrogens is 276 g/mol. The van der Waals surface area contributed by atoms with Gasteiger partial charge in [-0.1, -0.05) is 12.1 Å². The number of carbonyl (C=O) groups excluding carboxylic acids is 1. The average Bonchev–Trinajstić information content (AvgIpc) is 2.82. The molecule has 2 heterocycles. The highest BCUT2D eigenvalue weighted by molar-refractivity contribution is 6.05. The summed E-state index contributed by atoms with van der Waals surface area (Å²) in [5.74, 6) is -0.281. The Bertz CT molecular complexity index is 918. The average molecular weight is 290 g/mol. The van der Waals surface area contributed by atoms with Crippen LogP contribution in [-0.2, 0) is 0 Å². The number of nitriles is 1. The number of aryl methyl sites for hydroxylation is 2. The normalized spacial score (nSPS) is 10.4. The lowest BCUT2D eigenvalue weighted by Gasteiger charge is -2.07. The number of anilines is 1. The van der Waals surface area contributed by atoms with E-state index in [2.05, 4.69) is 16.4 Å². The van der Waals surface area contributed by atoms with E-state index in [1.54, 1.807) is 35.6 Å². The molecule has 0 aliphatic heterocycles. The van der Waals surface area contributed by atoms with Crippen molar-refractivity contribution >= 4 is 17.2 Å². The number of benzene rings is 1. The highest BCUT2D eigenvalue weighted by Crippen LogP contribution is 2.18. The standard InChI is InChI=1S/C17H14N4O/c1-11-7-8-21-15(9-11)19-12(2)16(21)17(22)20-14-6-4-3-5-13(14)10-18/h3-9H,1-2H3,(H,20,22). The summed E-state index contributed by atoms with van der Waals surface area (Å²) >= 11 is 0. The van der Waals surface area contributed by atoms with Gasteiger partial charge in [-0.15, -0.1) is 0 Å². The number of pyridine rings is 1. The summed E-state index contributed by atoms with van der Waals surface area (Å²) < 4.78 is 1.76. The molecule has 0 atom stereocenters. The first-order chi connectivity index (χ1) is 10.6. The maximum atomic E-state index is 12.6. The molecule has 1 N–H and O–H groups in total. The molecule has 5 heteroatoms. The fourth-order valence-corrected chi connectivity index (χ4v) is 2.41. The van der Waals surface area contributed by atoms with Gasteiger partial charge in [-0.3, -0.25) is 9.20 Å². The van der Waals surface area contributed by atoms with E-state index in [1.165, 1.54) is 0 Å². The quantitative estimate of drug-likeness (QED) is 0.788. The highest BCUT2D eigenvalue weighted by atomic mass is 16.2. The summed E-state index contributed by atoms with van der Waals surface area (Å²) in [6, 6.07) is 12.8. The SMILES string of the molecule is Cc1ccn2c(C(=O)Nc3ccccc3C#N)c(C)nc2c1. The zero-order chi connectivity index (χ0) is 15.7. The highest BCUT2D eigenvalue weighted by Gasteiger charge is 2.17. The molecule has 3 rings (SSSR count). The number of fused-ring (bicyclic) bond motifs is 1. The Morgan fingerprint density at radius 1 is 1.27 bits per heavy atom. The number of imidazole rings is 1. The minimum atomic E-state index is -0.281. The minimum absolute atomic E-state index is 0.281. The summed E-state index contributed by atoms with van der Waals surface area (Å²) in [7, 11) is 0. The molecule has 0 saturated carbocycles. The van der Waals surface area contributed by atoms with Crippen molar-refractivity contribution in [2.24, 2.45) is 0 Å². The Kier molecular flexibility index (Phi) is 3.36. The van der Waals surface area contributed by atoms with E-state index in [0.717, 1.165) is 11.2 Å². The molecule has 0 unspecified atom stereocenters. The fraction of sp³-hybridized carbons (Fsp3) is 0.118. The van der Waals surface area contributed by atoms with Gasteiger partial charge in [-0.2, -0.15) is 5.26 Å². The van der Waals surface area contributed by atoms with E-state index in [4.69, 9.17) is 5.26 Å². The van der Waals surface area contributed by atoms with Gasteiger partial charge in [0.05, 0.1) is 16.9 Å². The predicted octanol–water partition coefficient (Wildman–Crippen LogP) is 3.08. The van der Waals surface area contributed by atoms with Crippen molar-refractivity contribution in [2.45, 2.75) is 13.8 Å². The van der Waals surface area contributed by atoms with E-state index in [9.17, 15) is 4.79 Å². The molecule has 0 radical (unpaired) electrons. The largest absolute Gasteiger partial charge is 0.319 e. The molecule has 0 aliphatic carbocycles. The van der Waals surface area contributed by atoms with Gasteiger partial charge in [0.15, 0.2) is 0 Å². The number of aromatic nitrogens is 2. The van der Waals surface area contributed by atoms with Crippen molar-refractivity contribution in [1.82, 2.24) is 9.38 Å². The third-order valence-electron chi connectivity index (χ3n) is 3.47. The van der Waals surface area contributed by atoms with Crippen LogP contribution >= 0.6 is 0 Å². The van der Waals surface area contributed by atoms with E-state index in [1.807, 2.05) is 25.3 Å². The van der Waals surface area contributed by atoms with Gasteiger partial charge in [0.2, 0.25) is 0 Å². The molecule has 1 amide bonds. The van der Waals surface area contributed by atoms with Gasteiger partial charge in [-0.05, 0) is 43.7 Å². The van der Waals surface area contributed by atoms with Crippen molar-refractivity contribution in [1.29, 1.82) is 5.26 Å². The number of para-hydroxylation sites is 1. The molecule has 2 aromatic heterocycles. The first-order valence-corrected chi connectivity index (χ1v) is 6.86. The van der Waals surface area contributed by atoms with Crippen LogP contribution < -0.4 is 5.32 Å². The summed E-state index contributed by atoms with van der Waals surface area (Å²) in [5, 5.41) is 11.9. The lowest BCUT2D eigenvalue weighted by Crippen LogP contribution is -2.16. The lowest BCUT2D eigenvalue weighted by atomic mass is 10.2. The van der Waals surface area contributed by atoms with Crippen molar-refractivity contribution in [2.75, 3.05) is 5.32 Å². The van der Waals surface area contributed by atoms with Crippen molar-refractivity contribution in [3.63, 3.8) is 0 Å². The Balaban J connectivity index is 2.03. The Morgan fingerprint density at radius 2 is 2.05 bits per heavy atom. The Labute approximate surface area is 127 Å². The number of hydrogen-bond donors (Lipinski definition) is 1. The first kappa shape index (κ1) is 13.8. The van der Waals surface area contributed by atoms with Gasteiger partial charge in [0, 0.05) is 6.20 Å².